The minimum absolute atomic E-state index is 0.728. The molecule has 0 aliphatic heterocycles. The maximum absolute atomic E-state index is 4.37. The van der Waals surface area contributed by atoms with Gasteiger partial charge in [-0.3, -0.25) is 0 Å². The van der Waals surface area contributed by atoms with E-state index in [4.69, 9.17) is 0 Å². The summed E-state index contributed by atoms with van der Waals surface area (Å²) in [6, 6.07) is 6.35. The Bertz CT molecular complexity index is 450. The lowest BCUT2D eigenvalue weighted by Crippen LogP contribution is -2.14. The first-order valence-corrected chi connectivity index (χ1v) is 5.69. The van der Waals surface area contributed by atoms with Crippen LogP contribution in [0.4, 0.5) is 0 Å². The van der Waals surface area contributed by atoms with Crippen molar-refractivity contribution in [3.05, 3.63) is 29.6 Å². The maximum Gasteiger partial charge on any atom is 0.104 e. The SMILES string of the molecule is Cc1nc2ccc(CCNCS)cc2[nH]1. The second-order valence-electron chi connectivity index (χ2n) is 3.58. The maximum atomic E-state index is 4.37. The summed E-state index contributed by atoms with van der Waals surface area (Å²) in [5.41, 5.74) is 3.48. The molecule has 1 aromatic heterocycles. The topological polar surface area (TPSA) is 40.7 Å². The number of H-pyrrole nitrogens is 1. The van der Waals surface area contributed by atoms with Gasteiger partial charge in [-0.2, -0.15) is 12.6 Å². The van der Waals surface area contributed by atoms with Crippen molar-refractivity contribution in [3.63, 3.8) is 0 Å². The molecule has 0 atom stereocenters. The van der Waals surface area contributed by atoms with Gasteiger partial charge in [0.25, 0.3) is 0 Å². The smallest absolute Gasteiger partial charge is 0.104 e. The van der Waals surface area contributed by atoms with Gasteiger partial charge in [0.2, 0.25) is 0 Å². The number of hydrogen-bond acceptors (Lipinski definition) is 3. The van der Waals surface area contributed by atoms with Crippen molar-refractivity contribution in [3.8, 4) is 0 Å². The Morgan fingerprint density at radius 1 is 1.47 bits per heavy atom. The van der Waals surface area contributed by atoms with Gasteiger partial charge < -0.3 is 10.3 Å². The number of rotatable bonds is 4. The van der Waals surface area contributed by atoms with Gasteiger partial charge >= 0.3 is 0 Å². The highest BCUT2D eigenvalue weighted by atomic mass is 32.1. The molecule has 1 heterocycles. The number of thiol groups is 1. The van der Waals surface area contributed by atoms with Crippen LogP contribution in [0.25, 0.3) is 11.0 Å². The number of imidazole rings is 1. The van der Waals surface area contributed by atoms with Crippen molar-refractivity contribution in [2.75, 3.05) is 12.4 Å². The Balaban J connectivity index is 2.15. The van der Waals surface area contributed by atoms with Crippen LogP contribution in [0.1, 0.15) is 11.4 Å². The molecule has 2 rings (SSSR count). The van der Waals surface area contributed by atoms with Gasteiger partial charge in [-0.25, -0.2) is 4.98 Å². The predicted octanol–water partition coefficient (Wildman–Crippen LogP) is 1.89. The largest absolute Gasteiger partial charge is 0.342 e. The molecule has 0 unspecified atom stereocenters. The molecular formula is C11H15N3S. The van der Waals surface area contributed by atoms with Crippen LogP contribution in [-0.2, 0) is 6.42 Å². The average Bonchev–Trinajstić information content (AvgIpc) is 2.57. The molecule has 0 radical (unpaired) electrons. The van der Waals surface area contributed by atoms with Gasteiger partial charge in [-0.15, -0.1) is 0 Å². The molecule has 0 bridgehead atoms. The van der Waals surface area contributed by atoms with E-state index in [0.29, 0.717) is 0 Å². The fraction of sp³-hybridized carbons (Fsp3) is 0.364. The minimum Gasteiger partial charge on any atom is -0.342 e. The van der Waals surface area contributed by atoms with Gasteiger partial charge in [0.1, 0.15) is 5.82 Å². The van der Waals surface area contributed by atoms with E-state index in [1.807, 2.05) is 6.92 Å². The van der Waals surface area contributed by atoms with Gasteiger partial charge in [0, 0.05) is 5.88 Å². The third kappa shape index (κ3) is 2.52. The Labute approximate surface area is 94.7 Å². The minimum atomic E-state index is 0.728. The zero-order chi connectivity index (χ0) is 10.7. The van der Waals surface area contributed by atoms with Crippen LogP contribution >= 0.6 is 12.6 Å². The Hall–Kier alpha value is -1.00. The average molecular weight is 221 g/mol. The van der Waals surface area contributed by atoms with Crippen molar-refractivity contribution in [1.82, 2.24) is 15.3 Å². The molecule has 2 N–H and O–H groups in total. The lowest BCUT2D eigenvalue weighted by atomic mass is 10.1. The second-order valence-corrected chi connectivity index (χ2v) is 3.90. The van der Waals surface area contributed by atoms with E-state index in [1.54, 1.807) is 0 Å². The van der Waals surface area contributed by atoms with E-state index in [1.165, 1.54) is 5.56 Å². The third-order valence-electron chi connectivity index (χ3n) is 2.37. The van der Waals surface area contributed by atoms with Crippen LogP contribution < -0.4 is 5.32 Å². The number of hydrogen-bond donors (Lipinski definition) is 3. The molecule has 0 saturated carbocycles. The summed E-state index contributed by atoms with van der Waals surface area (Å²) in [5.74, 6) is 1.70. The molecule has 0 saturated heterocycles. The van der Waals surface area contributed by atoms with Crippen LogP contribution in [0.3, 0.4) is 0 Å². The van der Waals surface area contributed by atoms with Gasteiger partial charge in [0.15, 0.2) is 0 Å². The molecule has 0 amide bonds. The second kappa shape index (κ2) is 4.68. The number of aryl methyl sites for hydroxylation is 1. The fourth-order valence-corrected chi connectivity index (χ4v) is 1.81. The van der Waals surface area contributed by atoms with Gasteiger partial charge in [-0.1, -0.05) is 6.07 Å². The summed E-state index contributed by atoms with van der Waals surface area (Å²) in [4.78, 5) is 7.61. The van der Waals surface area contributed by atoms with E-state index in [2.05, 4.69) is 46.1 Å². The number of aromatic amines is 1. The standard InChI is InChI=1S/C11H15N3S/c1-8-13-10-3-2-9(4-5-12-7-15)6-11(10)14-8/h2-3,6,12,15H,4-5,7H2,1H3,(H,13,14). The number of aromatic nitrogens is 2. The molecular weight excluding hydrogens is 206 g/mol. The highest BCUT2D eigenvalue weighted by molar-refractivity contribution is 7.80. The van der Waals surface area contributed by atoms with E-state index in [9.17, 15) is 0 Å². The van der Waals surface area contributed by atoms with E-state index < -0.39 is 0 Å². The fourth-order valence-electron chi connectivity index (χ4n) is 1.65. The molecule has 80 valence electrons. The first-order chi connectivity index (χ1) is 7.29. The molecule has 0 aliphatic carbocycles. The van der Waals surface area contributed by atoms with Crippen LogP contribution in [0, 0.1) is 6.92 Å². The molecule has 0 spiro atoms. The van der Waals surface area contributed by atoms with Crippen molar-refractivity contribution in [1.29, 1.82) is 0 Å². The highest BCUT2D eigenvalue weighted by Crippen LogP contribution is 2.13. The number of fused-ring (bicyclic) bond motifs is 1. The Morgan fingerprint density at radius 2 is 2.33 bits per heavy atom. The zero-order valence-electron chi connectivity index (χ0n) is 8.75. The summed E-state index contributed by atoms with van der Waals surface area (Å²) < 4.78 is 0. The highest BCUT2D eigenvalue weighted by Gasteiger charge is 2.00. The summed E-state index contributed by atoms with van der Waals surface area (Å²) >= 11 is 4.10. The molecule has 1 aromatic carbocycles. The first kappa shape index (κ1) is 10.5. The van der Waals surface area contributed by atoms with Crippen molar-refractivity contribution in [2.24, 2.45) is 0 Å². The molecule has 15 heavy (non-hydrogen) atoms. The first-order valence-electron chi connectivity index (χ1n) is 5.06. The molecule has 4 heteroatoms. The summed E-state index contributed by atoms with van der Waals surface area (Å²) in [6.45, 7) is 2.93. The Morgan fingerprint density at radius 3 is 3.13 bits per heavy atom. The van der Waals surface area contributed by atoms with Crippen LogP contribution in [0.15, 0.2) is 18.2 Å². The predicted molar refractivity (Wildman–Crippen MR) is 66.4 cm³/mol. The molecule has 3 nitrogen and oxygen atoms in total. The van der Waals surface area contributed by atoms with Gasteiger partial charge in [0.05, 0.1) is 11.0 Å². The molecule has 2 aromatic rings. The monoisotopic (exact) mass is 221 g/mol. The number of nitrogens with zero attached hydrogens (tertiary/aromatic N) is 1. The van der Waals surface area contributed by atoms with Crippen LogP contribution in [0.5, 0.6) is 0 Å². The Kier molecular flexibility index (Phi) is 3.28. The normalized spacial score (nSPS) is 11.1. The van der Waals surface area contributed by atoms with Crippen molar-refractivity contribution in [2.45, 2.75) is 13.3 Å². The quantitative estimate of drug-likeness (QED) is 0.419. The van der Waals surface area contributed by atoms with E-state index in [-0.39, 0.29) is 0 Å². The summed E-state index contributed by atoms with van der Waals surface area (Å²) in [6.07, 6.45) is 1.02. The molecule has 0 aliphatic rings. The van der Waals surface area contributed by atoms with E-state index in [0.717, 1.165) is 35.7 Å². The van der Waals surface area contributed by atoms with E-state index >= 15 is 0 Å². The summed E-state index contributed by atoms with van der Waals surface area (Å²) in [7, 11) is 0. The van der Waals surface area contributed by atoms with Gasteiger partial charge in [-0.05, 0) is 37.6 Å². The number of benzene rings is 1. The zero-order valence-corrected chi connectivity index (χ0v) is 9.64. The number of nitrogens with one attached hydrogen (secondary N) is 2. The lowest BCUT2D eigenvalue weighted by Gasteiger charge is -2.01. The summed E-state index contributed by atoms with van der Waals surface area (Å²) in [5, 5.41) is 3.19. The third-order valence-corrected chi connectivity index (χ3v) is 2.59. The molecule has 0 fully saturated rings. The van der Waals surface area contributed by atoms with Crippen molar-refractivity contribution < 1.29 is 0 Å². The van der Waals surface area contributed by atoms with Crippen LogP contribution in [0.2, 0.25) is 0 Å². The van der Waals surface area contributed by atoms with Crippen molar-refractivity contribution >= 4 is 23.7 Å². The lowest BCUT2D eigenvalue weighted by molar-refractivity contribution is 0.777. The van der Waals surface area contributed by atoms with Crippen LogP contribution in [-0.4, -0.2) is 22.4 Å².